The fourth-order valence-corrected chi connectivity index (χ4v) is 3.24. The number of nitro benzene ring substituents is 1. The Morgan fingerprint density at radius 1 is 1.24 bits per heavy atom. The van der Waals surface area contributed by atoms with Gasteiger partial charge in [0, 0.05) is 42.9 Å². The van der Waals surface area contributed by atoms with E-state index in [1.165, 1.54) is 6.07 Å². The zero-order valence-electron chi connectivity index (χ0n) is 16.0. The fourth-order valence-electron chi connectivity index (χ4n) is 3.24. The molecule has 0 atom stereocenters. The van der Waals surface area contributed by atoms with Gasteiger partial charge in [-0.15, -0.1) is 0 Å². The van der Waals surface area contributed by atoms with E-state index in [2.05, 4.69) is 11.4 Å². The maximum Gasteiger partial charge on any atom is 0.293 e. The molecule has 3 rings (SSSR count). The third-order valence-electron chi connectivity index (χ3n) is 4.67. The van der Waals surface area contributed by atoms with E-state index in [-0.39, 0.29) is 11.3 Å². The molecule has 1 aliphatic heterocycles. The molecule has 8 nitrogen and oxygen atoms in total. The van der Waals surface area contributed by atoms with Crippen molar-refractivity contribution >= 4 is 23.0 Å². The number of carbonyl (C=O) groups excluding carboxylic acids is 1. The van der Waals surface area contributed by atoms with Crippen LogP contribution in [-0.2, 0) is 0 Å². The number of ether oxygens (including phenoxy) is 1. The van der Waals surface area contributed by atoms with Crippen molar-refractivity contribution in [1.82, 2.24) is 0 Å². The number of nitriles is 1. The van der Waals surface area contributed by atoms with Crippen molar-refractivity contribution in [2.45, 2.75) is 25.7 Å². The molecular formula is C21H22N4O4. The number of amides is 1. The molecule has 0 aliphatic carbocycles. The first-order valence-electron chi connectivity index (χ1n) is 9.53. The predicted octanol–water partition coefficient (Wildman–Crippen LogP) is 4.13. The first-order valence-corrected chi connectivity index (χ1v) is 9.53. The second kappa shape index (κ2) is 9.55. The number of carbonyl (C=O) groups is 1. The summed E-state index contributed by atoms with van der Waals surface area (Å²) in [5, 5.41) is 22.8. The van der Waals surface area contributed by atoms with Crippen molar-refractivity contribution in [3.63, 3.8) is 0 Å². The van der Waals surface area contributed by atoms with Crippen molar-refractivity contribution in [3.05, 3.63) is 58.1 Å². The zero-order chi connectivity index (χ0) is 20.6. The number of hydrogen-bond acceptors (Lipinski definition) is 6. The summed E-state index contributed by atoms with van der Waals surface area (Å²) in [5.74, 6) is 0.152. The molecule has 29 heavy (non-hydrogen) atoms. The minimum absolute atomic E-state index is 0.0610. The minimum Gasteiger partial charge on any atom is -0.493 e. The number of nitrogens with one attached hydrogen (secondary N) is 1. The Morgan fingerprint density at radius 2 is 2.03 bits per heavy atom. The minimum atomic E-state index is -0.444. The summed E-state index contributed by atoms with van der Waals surface area (Å²) >= 11 is 0. The number of nitro groups is 1. The van der Waals surface area contributed by atoms with E-state index in [0.29, 0.717) is 36.6 Å². The van der Waals surface area contributed by atoms with Gasteiger partial charge in [-0.3, -0.25) is 14.9 Å². The summed E-state index contributed by atoms with van der Waals surface area (Å²) in [5.41, 5.74) is 1.24. The Balaban J connectivity index is 1.71. The molecule has 1 N–H and O–H groups in total. The van der Waals surface area contributed by atoms with E-state index in [9.17, 15) is 14.9 Å². The summed E-state index contributed by atoms with van der Waals surface area (Å²) in [4.78, 5) is 25.7. The van der Waals surface area contributed by atoms with E-state index in [4.69, 9.17) is 10.00 Å². The highest BCUT2D eigenvalue weighted by atomic mass is 16.6. The molecule has 0 aromatic heterocycles. The lowest BCUT2D eigenvalue weighted by molar-refractivity contribution is -0.384. The topological polar surface area (TPSA) is 108 Å². The van der Waals surface area contributed by atoms with Crippen molar-refractivity contribution in [3.8, 4) is 11.8 Å². The van der Waals surface area contributed by atoms with Crippen LogP contribution in [0, 0.1) is 21.4 Å². The largest absolute Gasteiger partial charge is 0.493 e. The molecule has 0 unspecified atom stereocenters. The Labute approximate surface area is 168 Å². The third kappa shape index (κ3) is 5.23. The van der Waals surface area contributed by atoms with Crippen LogP contribution in [0.4, 0.5) is 17.1 Å². The molecule has 2 aromatic carbocycles. The molecule has 0 radical (unpaired) electrons. The smallest absolute Gasteiger partial charge is 0.293 e. The van der Waals surface area contributed by atoms with Crippen molar-refractivity contribution < 1.29 is 14.5 Å². The molecule has 1 aliphatic rings. The lowest BCUT2D eigenvalue weighted by atomic mass is 10.1. The van der Waals surface area contributed by atoms with Crippen LogP contribution in [0.3, 0.4) is 0 Å². The fraction of sp³-hybridized carbons (Fsp3) is 0.333. The normalized spacial score (nSPS) is 13.0. The van der Waals surface area contributed by atoms with Crippen LogP contribution in [0.5, 0.6) is 5.75 Å². The average molecular weight is 394 g/mol. The summed E-state index contributed by atoms with van der Waals surface area (Å²) in [7, 11) is 0. The van der Waals surface area contributed by atoms with Gasteiger partial charge >= 0.3 is 0 Å². The number of benzene rings is 2. The SMILES string of the molecule is N#CCCCOc1cccc(NC(=O)c2ccc(N3CCCC3)c([N+](=O)[O-])c2)c1. The summed E-state index contributed by atoms with van der Waals surface area (Å²) in [6.45, 7) is 1.98. The van der Waals surface area contributed by atoms with Gasteiger partial charge in [0.15, 0.2) is 0 Å². The molecule has 8 heteroatoms. The molecule has 1 saturated heterocycles. The Morgan fingerprint density at radius 3 is 2.76 bits per heavy atom. The lowest BCUT2D eigenvalue weighted by Gasteiger charge is -2.17. The molecular weight excluding hydrogens is 372 g/mol. The molecule has 150 valence electrons. The van der Waals surface area contributed by atoms with E-state index in [0.717, 1.165) is 25.9 Å². The van der Waals surface area contributed by atoms with Crippen molar-refractivity contribution in [1.29, 1.82) is 5.26 Å². The molecule has 0 spiro atoms. The van der Waals surface area contributed by atoms with Crippen molar-refractivity contribution in [2.24, 2.45) is 0 Å². The van der Waals surface area contributed by atoms with E-state index >= 15 is 0 Å². The van der Waals surface area contributed by atoms with Gasteiger partial charge in [0.25, 0.3) is 11.6 Å². The second-order valence-electron chi connectivity index (χ2n) is 6.75. The van der Waals surface area contributed by atoms with Crippen LogP contribution in [0.1, 0.15) is 36.0 Å². The predicted molar refractivity (Wildman–Crippen MR) is 109 cm³/mol. The van der Waals surface area contributed by atoms with Crippen LogP contribution in [0.15, 0.2) is 42.5 Å². The average Bonchev–Trinajstić information content (AvgIpc) is 3.26. The Kier molecular flexibility index (Phi) is 6.63. The second-order valence-corrected chi connectivity index (χ2v) is 6.75. The van der Waals surface area contributed by atoms with Gasteiger partial charge < -0.3 is 15.0 Å². The van der Waals surface area contributed by atoms with E-state index in [1.54, 1.807) is 36.4 Å². The zero-order valence-corrected chi connectivity index (χ0v) is 16.0. The van der Waals surface area contributed by atoms with Gasteiger partial charge in [-0.1, -0.05) is 6.07 Å². The van der Waals surface area contributed by atoms with E-state index in [1.807, 2.05) is 4.90 Å². The molecule has 1 amide bonds. The Hall–Kier alpha value is -3.60. The van der Waals surface area contributed by atoms with Gasteiger partial charge in [0.1, 0.15) is 11.4 Å². The third-order valence-corrected chi connectivity index (χ3v) is 4.67. The van der Waals surface area contributed by atoms with Crippen LogP contribution in [0.2, 0.25) is 0 Å². The highest BCUT2D eigenvalue weighted by Gasteiger charge is 2.23. The van der Waals surface area contributed by atoms with Crippen LogP contribution in [0.25, 0.3) is 0 Å². The number of nitrogens with zero attached hydrogens (tertiary/aromatic N) is 3. The lowest BCUT2D eigenvalue weighted by Crippen LogP contribution is -2.19. The molecule has 0 saturated carbocycles. The van der Waals surface area contributed by atoms with Gasteiger partial charge in [-0.25, -0.2) is 0 Å². The standard InChI is InChI=1S/C21H22N4O4/c22-10-1-4-13-29-18-7-5-6-17(15-18)23-21(26)16-8-9-19(20(14-16)25(27)28)24-11-2-3-12-24/h5-9,14-15H,1-4,11-13H2,(H,23,26). The summed E-state index contributed by atoms with van der Waals surface area (Å²) in [6, 6.07) is 13.5. The summed E-state index contributed by atoms with van der Waals surface area (Å²) < 4.78 is 5.56. The molecule has 0 bridgehead atoms. The Bertz CT molecular complexity index is 933. The number of hydrogen-bond donors (Lipinski definition) is 1. The summed E-state index contributed by atoms with van der Waals surface area (Å²) in [6.07, 6.45) is 3.06. The number of rotatable bonds is 8. The number of anilines is 2. The quantitative estimate of drug-likeness (QED) is 0.410. The van der Waals surface area contributed by atoms with Crippen LogP contribution < -0.4 is 15.0 Å². The molecule has 2 aromatic rings. The van der Waals surface area contributed by atoms with Gasteiger partial charge in [0.05, 0.1) is 17.6 Å². The maximum atomic E-state index is 12.6. The first-order chi connectivity index (χ1) is 14.1. The van der Waals surface area contributed by atoms with Crippen LogP contribution >= 0.6 is 0 Å². The van der Waals surface area contributed by atoms with Gasteiger partial charge in [-0.05, 0) is 43.5 Å². The number of unbranched alkanes of at least 4 members (excludes halogenated alkanes) is 1. The highest BCUT2D eigenvalue weighted by molar-refractivity contribution is 6.05. The van der Waals surface area contributed by atoms with E-state index < -0.39 is 10.8 Å². The maximum absolute atomic E-state index is 12.6. The molecule has 1 heterocycles. The van der Waals surface area contributed by atoms with Gasteiger partial charge in [0.2, 0.25) is 0 Å². The van der Waals surface area contributed by atoms with Crippen LogP contribution in [-0.4, -0.2) is 30.5 Å². The monoisotopic (exact) mass is 394 g/mol. The molecule has 1 fully saturated rings. The highest BCUT2D eigenvalue weighted by Crippen LogP contribution is 2.32. The first kappa shape index (κ1) is 20.1. The van der Waals surface area contributed by atoms with Gasteiger partial charge in [-0.2, -0.15) is 5.26 Å². The van der Waals surface area contributed by atoms with Crippen molar-refractivity contribution in [2.75, 3.05) is 29.9 Å².